The Morgan fingerprint density at radius 3 is 2.58 bits per heavy atom. The van der Waals surface area contributed by atoms with Crippen LogP contribution >= 0.6 is 0 Å². The Labute approximate surface area is 220 Å². The molecule has 38 heavy (non-hydrogen) atoms. The lowest BCUT2D eigenvalue weighted by Gasteiger charge is -2.51. The third-order valence-electron chi connectivity index (χ3n) is 10.0. The van der Waals surface area contributed by atoms with E-state index in [1.807, 2.05) is 0 Å². The molecule has 2 aromatic rings. The van der Waals surface area contributed by atoms with E-state index in [-0.39, 0.29) is 28.8 Å². The lowest BCUT2D eigenvalue weighted by molar-refractivity contribution is -0.167. The van der Waals surface area contributed by atoms with Crippen LogP contribution in [0, 0.1) is 16.7 Å². The summed E-state index contributed by atoms with van der Waals surface area (Å²) in [4.78, 5) is 18.0. The molecule has 2 aliphatic carbocycles. The molecule has 3 unspecified atom stereocenters. The Morgan fingerprint density at radius 1 is 1.16 bits per heavy atom. The van der Waals surface area contributed by atoms with Gasteiger partial charge in [-0.05, 0) is 68.5 Å². The van der Waals surface area contributed by atoms with Crippen molar-refractivity contribution in [3.05, 3.63) is 40.1 Å². The minimum absolute atomic E-state index is 0.0276. The average molecular weight is 535 g/mol. The number of hydrogen-bond donors (Lipinski definition) is 2. The van der Waals surface area contributed by atoms with E-state index < -0.39 is 11.7 Å². The number of nitrogens with one attached hydrogen (secondary N) is 2. The second-order valence-corrected chi connectivity index (χ2v) is 12.8. The standard InChI is InChI=1S/C27H37F3N6O2/c1-33-17-31-32-23(33)9-26(15-38-16-26)19-3-2-4-20(8-19)35-12-22-21(27(28,29)30)7-18(11-36(22)24(35)37)10-34-13-25(14-34)5-6-25/h7,11-12,19-20,23,31-32H,2-6,8-10,13-17H2,1H3. The molecule has 1 spiro atoms. The summed E-state index contributed by atoms with van der Waals surface area (Å²) < 4.78 is 51.1. The third kappa shape index (κ3) is 4.21. The van der Waals surface area contributed by atoms with Crippen molar-refractivity contribution in [3.63, 3.8) is 0 Å². The largest absolute Gasteiger partial charge is 0.418 e. The van der Waals surface area contributed by atoms with Gasteiger partial charge in [0, 0.05) is 43.5 Å². The molecule has 3 aliphatic heterocycles. The van der Waals surface area contributed by atoms with Gasteiger partial charge in [0.2, 0.25) is 0 Å². The van der Waals surface area contributed by atoms with Crippen molar-refractivity contribution in [2.45, 2.75) is 69.9 Å². The van der Waals surface area contributed by atoms with Crippen molar-refractivity contribution in [1.82, 2.24) is 29.6 Å². The minimum Gasteiger partial charge on any atom is -0.380 e. The summed E-state index contributed by atoms with van der Waals surface area (Å²) in [6, 6.07) is 1.14. The number of rotatable bonds is 6. The first-order valence-corrected chi connectivity index (χ1v) is 14.0. The van der Waals surface area contributed by atoms with Gasteiger partial charge in [0.15, 0.2) is 0 Å². The van der Waals surface area contributed by atoms with Gasteiger partial charge in [-0.25, -0.2) is 15.6 Å². The van der Waals surface area contributed by atoms with Gasteiger partial charge >= 0.3 is 11.9 Å². The van der Waals surface area contributed by atoms with Crippen LogP contribution in [-0.4, -0.2) is 65.0 Å². The molecule has 7 rings (SSSR count). The highest BCUT2D eigenvalue weighted by molar-refractivity contribution is 5.56. The van der Waals surface area contributed by atoms with Crippen LogP contribution < -0.4 is 16.5 Å². The minimum atomic E-state index is -4.52. The zero-order valence-corrected chi connectivity index (χ0v) is 21.9. The molecular formula is C27H37F3N6O2. The normalized spacial score (nSPS) is 31.0. The van der Waals surface area contributed by atoms with Crippen LogP contribution in [0.3, 0.4) is 0 Å². The Balaban J connectivity index is 1.17. The summed E-state index contributed by atoms with van der Waals surface area (Å²) in [7, 11) is 2.08. The maximum atomic E-state index is 14.2. The van der Waals surface area contributed by atoms with Crippen molar-refractivity contribution in [2.24, 2.45) is 16.7 Å². The molecule has 11 heteroatoms. The predicted molar refractivity (Wildman–Crippen MR) is 135 cm³/mol. The van der Waals surface area contributed by atoms with Gasteiger partial charge < -0.3 is 4.74 Å². The van der Waals surface area contributed by atoms with Gasteiger partial charge in [-0.15, -0.1) is 0 Å². The molecule has 5 fully saturated rings. The number of hydrazine groups is 1. The number of alkyl halides is 3. The lowest BCUT2D eigenvalue weighted by atomic mass is 9.64. The number of halogens is 3. The van der Waals surface area contributed by atoms with Crippen molar-refractivity contribution in [1.29, 1.82) is 0 Å². The van der Waals surface area contributed by atoms with Gasteiger partial charge in [0.05, 0.1) is 37.1 Å². The second kappa shape index (κ2) is 8.79. The monoisotopic (exact) mass is 534 g/mol. The first-order chi connectivity index (χ1) is 18.1. The summed E-state index contributed by atoms with van der Waals surface area (Å²) in [5, 5.41) is 0. The topological polar surface area (TPSA) is 66.2 Å². The molecule has 5 aliphatic rings. The number of ether oxygens (including phenoxy) is 1. The third-order valence-corrected chi connectivity index (χ3v) is 10.0. The quantitative estimate of drug-likeness (QED) is 0.594. The Bertz CT molecular complexity index is 1270. The van der Waals surface area contributed by atoms with Crippen LogP contribution in [0.4, 0.5) is 13.2 Å². The smallest absolute Gasteiger partial charge is 0.380 e. The van der Waals surface area contributed by atoms with Crippen LogP contribution in [-0.2, 0) is 17.5 Å². The number of nitrogens with zero attached hydrogens (tertiary/aromatic N) is 4. The highest BCUT2D eigenvalue weighted by Crippen LogP contribution is 2.53. The molecule has 0 radical (unpaired) electrons. The van der Waals surface area contributed by atoms with Crippen molar-refractivity contribution >= 4 is 5.52 Å². The fourth-order valence-electron chi connectivity index (χ4n) is 7.56. The summed E-state index contributed by atoms with van der Waals surface area (Å²) in [6.07, 6.45) is 5.78. The number of likely N-dealkylation sites (tertiary alicyclic amines) is 1. The first-order valence-electron chi connectivity index (χ1n) is 14.0. The molecule has 2 N–H and O–H groups in total. The SMILES string of the molecule is CN1CNNC1CC1(C2CCCC(n3cc4c(C(F)(F)F)cc(CN5CC6(CC6)C5)cn4c3=O)C2)COC1. The molecule has 3 atom stereocenters. The highest BCUT2D eigenvalue weighted by Gasteiger charge is 2.52. The Kier molecular flexibility index (Phi) is 5.80. The van der Waals surface area contributed by atoms with Crippen LogP contribution in [0.15, 0.2) is 23.3 Å². The van der Waals surface area contributed by atoms with E-state index in [1.165, 1.54) is 29.5 Å². The van der Waals surface area contributed by atoms with Crippen molar-refractivity contribution in [3.8, 4) is 0 Å². The van der Waals surface area contributed by atoms with Crippen LogP contribution in [0.2, 0.25) is 0 Å². The Hall–Kier alpha value is -1.92. The van der Waals surface area contributed by atoms with Crippen LogP contribution in [0.1, 0.15) is 62.1 Å². The summed E-state index contributed by atoms with van der Waals surface area (Å²) >= 11 is 0. The van der Waals surface area contributed by atoms with E-state index >= 15 is 0 Å². The zero-order valence-electron chi connectivity index (χ0n) is 21.9. The molecular weight excluding hydrogens is 497 g/mol. The fraction of sp³-hybridized carbons (Fsp3) is 0.741. The number of aromatic nitrogens is 2. The molecule has 0 amide bonds. The number of hydrogen-bond acceptors (Lipinski definition) is 6. The molecule has 8 nitrogen and oxygen atoms in total. The van der Waals surface area contributed by atoms with E-state index in [1.54, 1.807) is 10.8 Å². The molecule has 2 aromatic heterocycles. The van der Waals surface area contributed by atoms with Crippen molar-refractivity contribution < 1.29 is 17.9 Å². The summed E-state index contributed by atoms with van der Waals surface area (Å²) in [6.45, 7) is 4.51. The fourth-order valence-corrected chi connectivity index (χ4v) is 7.56. The molecule has 2 saturated carbocycles. The van der Waals surface area contributed by atoms with E-state index in [4.69, 9.17) is 4.74 Å². The van der Waals surface area contributed by atoms with Gasteiger partial charge in [-0.3, -0.25) is 18.8 Å². The van der Waals surface area contributed by atoms with E-state index in [0.717, 1.165) is 51.9 Å². The molecule has 0 bridgehead atoms. The van der Waals surface area contributed by atoms with Crippen molar-refractivity contribution in [2.75, 3.05) is 40.0 Å². The van der Waals surface area contributed by atoms with Gasteiger partial charge in [-0.1, -0.05) is 6.42 Å². The first kappa shape index (κ1) is 25.1. The summed E-state index contributed by atoms with van der Waals surface area (Å²) in [5.74, 6) is 0.361. The molecule has 0 aromatic carbocycles. The molecule has 208 valence electrons. The molecule has 3 saturated heterocycles. The zero-order chi connectivity index (χ0) is 26.3. The number of pyridine rings is 1. The lowest BCUT2D eigenvalue weighted by Crippen LogP contribution is -2.54. The number of imidazole rings is 1. The van der Waals surface area contributed by atoms with Gasteiger partial charge in [0.25, 0.3) is 0 Å². The maximum absolute atomic E-state index is 14.2. The van der Waals surface area contributed by atoms with E-state index in [0.29, 0.717) is 36.7 Å². The number of fused-ring (bicyclic) bond motifs is 1. The van der Waals surface area contributed by atoms with Crippen LogP contribution in [0.5, 0.6) is 0 Å². The average Bonchev–Trinajstić information content (AvgIpc) is 3.42. The molecule has 5 heterocycles. The maximum Gasteiger partial charge on any atom is 0.418 e. The van der Waals surface area contributed by atoms with Gasteiger partial charge in [0.1, 0.15) is 0 Å². The summed E-state index contributed by atoms with van der Waals surface area (Å²) in [5.41, 5.74) is 6.43. The second-order valence-electron chi connectivity index (χ2n) is 12.8. The Morgan fingerprint density at radius 2 is 1.95 bits per heavy atom. The predicted octanol–water partition coefficient (Wildman–Crippen LogP) is 3.18. The van der Waals surface area contributed by atoms with E-state index in [2.05, 4.69) is 27.7 Å². The highest BCUT2D eigenvalue weighted by atomic mass is 19.4. The van der Waals surface area contributed by atoms with E-state index in [9.17, 15) is 18.0 Å². The van der Waals surface area contributed by atoms with Gasteiger partial charge in [-0.2, -0.15) is 13.2 Å². The van der Waals surface area contributed by atoms with Crippen LogP contribution in [0.25, 0.3) is 5.52 Å².